The fourth-order valence-corrected chi connectivity index (χ4v) is 2.65. The normalized spacial score (nSPS) is 10.6. The molecule has 2 heteroatoms. The van der Waals surface area contributed by atoms with Crippen molar-refractivity contribution in [3.63, 3.8) is 0 Å². The summed E-state index contributed by atoms with van der Waals surface area (Å²) in [4.78, 5) is 0. The Labute approximate surface area is 122 Å². The zero-order valence-electron chi connectivity index (χ0n) is 12.9. The average Bonchev–Trinajstić information content (AvgIpc) is 2.42. The van der Waals surface area contributed by atoms with Gasteiger partial charge in [-0.25, -0.2) is 0 Å². The molecule has 0 aromatic heterocycles. The van der Waals surface area contributed by atoms with Gasteiger partial charge in [-0.2, -0.15) is 0 Å². The van der Waals surface area contributed by atoms with Crippen LogP contribution >= 0.6 is 0 Å². The van der Waals surface area contributed by atoms with Crippen molar-refractivity contribution in [1.82, 2.24) is 0 Å². The van der Waals surface area contributed by atoms with Crippen LogP contribution < -0.4 is 11.1 Å². The summed E-state index contributed by atoms with van der Waals surface area (Å²) in [5, 5.41) is 3.43. The summed E-state index contributed by atoms with van der Waals surface area (Å²) in [5.74, 6) is 0. The molecule has 2 rings (SSSR count). The fourth-order valence-electron chi connectivity index (χ4n) is 2.65. The molecule has 0 aliphatic rings. The number of benzene rings is 2. The van der Waals surface area contributed by atoms with Crippen LogP contribution in [0.5, 0.6) is 0 Å². The second kappa shape index (κ2) is 6.00. The van der Waals surface area contributed by atoms with E-state index in [1.165, 1.54) is 27.8 Å². The van der Waals surface area contributed by atoms with Crippen molar-refractivity contribution in [3.8, 4) is 0 Å². The smallest absolute Gasteiger partial charge is 0.0574 e. The van der Waals surface area contributed by atoms with Crippen LogP contribution in [0, 0.1) is 27.7 Å². The number of hydrogen-bond donors (Lipinski definition) is 2. The minimum atomic E-state index is 0.807. The van der Waals surface area contributed by atoms with Crippen LogP contribution in [0.2, 0.25) is 0 Å². The Morgan fingerprint density at radius 3 is 2.15 bits per heavy atom. The number of nitrogen functional groups attached to an aromatic ring is 1. The average molecular weight is 268 g/mol. The molecule has 106 valence electrons. The number of rotatable bonds is 4. The minimum Gasteiger partial charge on any atom is -0.397 e. The zero-order valence-corrected chi connectivity index (χ0v) is 12.9. The Morgan fingerprint density at radius 2 is 1.55 bits per heavy atom. The van der Waals surface area contributed by atoms with E-state index in [9.17, 15) is 0 Å². The van der Waals surface area contributed by atoms with E-state index in [0.717, 1.165) is 24.3 Å². The highest BCUT2D eigenvalue weighted by Gasteiger charge is 2.08. The molecule has 0 saturated heterocycles. The molecule has 2 aromatic carbocycles. The monoisotopic (exact) mass is 268 g/mol. The van der Waals surface area contributed by atoms with Gasteiger partial charge in [0.15, 0.2) is 0 Å². The van der Waals surface area contributed by atoms with Crippen LogP contribution in [0.1, 0.15) is 27.8 Å². The maximum Gasteiger partial charge on any atom is 0.0574 e. The molecule has 0 heterocycles. The molecule has 0 bridgehead atoms. The van der Waals surface area contributed by atoms with Crippen LogP contribution in [0.4, 0.5) is 11.4 Å². The molecular weight excluding hydrogens is 244 g/mol. The predicted octanol–water partition coefficient (Wildman–Crippen LogP) is 4.16. The number of nitrogens with one attached hydrogen (secondary N) is 1. The van der Waals surface area contributed by atoms with Crippen LogP contribution in [0.3, 0.4) is 0 Å². The van der Waals surface area contributed by atoms with Gasteiger partial charge >= 0.3 is 0 Å². The third kappa shape index (κ3) is 2.96. The van der Waals surface area contributed by atoms with Gasteiger partial charge in [0.25, 0.3) is 0 Å². The highest BCUT2D eigenvalue weighted by Crippen LogP contribution is 2.23. The standard InChI is InChI=1S/C18H24N2/c1-12-11-13(2)15(4)16(14(12)3)9-10-20-18-8-6-5-7-17(18)19/h5-8,11,20H,9-10,19H2,1-4H3. The quantitative estimate of drug-likeness (QED) is 0.817. The van der Waals surface area contributed by atoms with Crippen molar-refractivity contribution in [2.45, 2.75) is 34.1 Å². The van der Waals surface area contributed by atoms with Gasteiger partial charge in [0.05, 0.1) is 11.4 Å². The van der Waals surface area contributed by atoms with E-state index in [2.05, 4.69) is 39.1 Å². The van der Waals surface area contributed by atoms with Gasteiger partial charge in [0.1, 0.15) is 0 Å². The summed E-state index contributed by atoms with van der Waals surface area (Å²) in [5.41, 5.74) is 14.8. The molecule has 0 amide bonds. The van der Waals surface area contributed by atoms with E-state index in [0.29, 0.717) is 0 Å². The summed E-state index contributed by atoms with van der Waals surface area (Å²) in [6.45, 7) is 9.71. The van der Waals surface area contributed by atoms with Crippen molar-refractivity contribution in [1.29, 1.82) is 0 Å². The molecule has 2 nitrogen and oxygen atoms in total. The lowest BCUT2D eigenvalue weighted by Gasteiger charge is -2.16. The van der Waals surface area contributed by atoms with Gasteiger partial charge in [0.2, 0.25) is 0 Å². The van der Waals surface area contributed by atoms with E-state index < -0.39 is 0 Å². The first-order valence-electron chi connectivity index (χ1n) is 7.15. The first-order valence-corrected chi connectivity index (χ1v) is 7.15. The molecule has 2 aromatic rings. The van der Waals surface area contributed by atoms with Gasteiger partial charge in [0, 0.05) is 6.54 Å². The number of anilines is 2. The van der Waals surface area contributed by atoms with Crippen LogP contribution in [0.15, 0.2) is 30.3 Å². The molecular formula is C18H24N2. The summed E-state index contributed by atoms with van der Waals surface area (Å²) >= 11 is 0. The van der Waals surface area contributed by atoms with Crippen LogP contribution in [-0.2, 0) is 6.42 Å². The summed E-state index contributed by atoms with van der Waals surface area (Å²) in [7, 11) is 0. The Kier molecular flexibility index (Phi) is 4.33. The maximum atomic E-state index is 5.95. The lowest BCUT2D eigenvalue weighted by Crippen LogP contribution is -2.09. The van der Waals surface area contributed by atoms with E-state index >= 15 is 0 Å². The molecule has 0 unspecified atom stereocenters. The Hall–Kier alpha value is -1.96. The second-order valence-electron chi connectivity index (χ2n) is 5.50. The molecule has 0 fully saturated rings. The Balaban J connectivity index is 2.11. The van der Waals surface area contributed by atoms with Crippen LogP contribution in [0.25, 0.3) is 0 Å². The lowest BCUT2D eigenvalue weighted by atomic mass is 9.92. The maximum absolute atomic E-state index is 5.95. The lowest BCUT2D eigenvalue weighted by molar-refractivity contribution is 0.977. The van der Waals surface area contributed by atoms with E-state index in [-0.39, 0.29) is 0 Å². The summed E-state index contributed by atoms with van der Waals surface area (Å²) in [6.07, 6.45) is 1.02. The van der Waals surface area contributed by atoms with E-state index in [1.807, 2.05) is 24.3 Å². The highest BCUT2D eigenvalue weighted by atomic mass is 14.9. The van der Waals surface area contributed by atoms with Gasteiger partial charge in [-0.1, -0.05) is 18.2 Å². The Bertz CT molecular complexity index is 589. The highest BCUT2D eigenvalue weighted by molar-refractivity contribution is 5.65. The van der Waals surface area contributed by atoms with Gasteiger partial charge in [-0.05, 0) is 74.1 Å². The predicted molar refractivity (Wildman–Crippen MR) is 88.4 cm³/mol. The molecule has 3 N–H and O–H groups in total. The van der Waals surface area contributed by atoms with Crippen molar-refractivity contribution >= 4 is 11.4 Å². The summed E-state index contributed by atoms with van der Waals surface area (Å²) in [6, 6.07) is 10.2. The molecule has 0 aliphatic heterocycles. The third-order valence-corrected chi connectivity index (χ3v) is 4.17. The van der Waals surface area contributed by atoms with E-state index in [4.69, 9.17) is 5.73 Å². The number of aryl methyl sites for hydroxylation is 2. The van der Waals surface area contributed by atoms with Gasteiger partial charge in [-0.15, -0.1) is 0 Å². The summed E-state index contributed by atoms with van der Waals surface area (Å²) < 4.78 is 0. The first-order chi connectivity index (χ1) is 9.50. The molecule has 0 saturated carbocycles. The number of hydrogen-bond acceptors (Lipinski definition) is 2. The zero-order chi connectivity index (χ0) is 14.7. The van der Waals surface area contributed by atoms with Gasteiger partial charge in [-0.3, -0.25) is 0 Å². The third-order valence-electron chi connectivity index (χ3n) is 4.17. The fraction of sp³-hybridized carbons (Fsp3) is 0.333. The molecule has 0 radical (unpaired) electrons. The van der Waals surface area contributed by atoms with E-state index in [1.54, 1.807) is 0 Å². The van der Waals surface area contributed by atoms with Crippen molar-refractivity contribution in [2.75, 3.05) is 17.6 Å². The van der Waals surface area contributed by atoms with Gasteiger partial charge < -0.3 is 11.1 Å². The molecule has 20 heavy (non-hydrogen) atoms. The largest absolute Gasteiger partial charge is 0.397 e. The Morgan fingerprint density at radius 1 is 0.950 bits per heavy atom. The minimum absolute atomic E-state index is 0.807. The topological polar surface area (TPSA) is 38.0 Å². The molecule has 0 atom stereocenters. The van der Waals surface area contributed by atoms with Crippen molar-refractivity contribution in [2.24, 2.45) is 0 Å². The molecule has 0 aliphatic carbocycles. The number of nitrogens with two attached hydrogens (primary N) is 1. The molecule has 0 spiro atoms. The first kappa shape index (κ1) is 14.4. The van der Waals surface area contributed by atoms with Crippen molar-refractivity contribution < 1.29 is 0 Å². The SMILES string of the molecule is Cc1cc(C)c(C)c(CCNc2ccccc2N)c1C. The second-order valence-corrected chi connectivity index (χ2v) is 5.50. The number of para-hydroxylation sites is 2. The van der Waals surface area contributed by atoms with Crippen molar-refractivity contribution in [3.05, 3.63) is 58.1 Å². The van der Waals surface area contributed by atoms with Crippen LogP contribution in [-0.4, -0.2) is 6.54 Å².